The van der Waals surface area contributed by atoms with Gasteiger partial charge in [0.05, 0.1) is 37.3 Å². The molecule has 1 amide bonds. The molecule has 9 nitrogen and oxygen atoms in total. The van der Waals surface area contributed by atoms with Crippen LogP contribution in [0.1, 0.15) is 16.2 Å². The van der Waals surface area contributed by atoms with Crippen molar-refractivity contribution >= 4 is 22.5 Å². The Morgan fingerprint density at radius 3 is 2.63 bits per heavy atom. The van der Waals surface area contributed by atoms with Crippen LogP contribution in [0.2, 0.25) is 0 Å². The number of carbonyl (C=O) groups excluding carboxylic acids is 1. The SMILES string of the molecule is COCCOCCn1[nH]c(=O)c2cc(NC(=O)c3nc(-c4ccccc4)oc3C(F)(F)F)ccc21. The third-order valence-electron chi connectivity index (χ3n) is 5.04. The van der Waals surface area contributed by atoms with Crippen molar-refractivity contribution in [1.29, 1.82) is 0 Å². The van der Waals surface area contributed by atoms with Gasteiger partial charge in [-0.2, -0.15) is 13.2 Å². The highest BCUT2D eigenvalue weighted by atomic mass is 19.4. The summed E-state index contributed by atoms with van der Waals surface area (Å²) in [5.74, 6) is -2.96. The molecule has 184 valence electrons. The van der Waals surface area contributed by atoms with E-state index >= 15 is 0 Å². The number of methoxy groups -OCH3 is 1. The smallest absolute Gasteiger partial charge is 0.431 e. The number of carbonyl (C=O) groups is 1. The minimum atomic E-state index is -4.93. The Bertz CT molecular complexity index is 1380. The van der Waals surface area contributed by atoms with Gasteiger partial charge in [0.25, 0.3) is 11.5 Å². The Balaban J connectivity index is 1.56. The summed E-state index contributed by atoms with van der Waals surface area (Å²) >= 11 is 0. The lowest BCUT2D eigenvalue weighted by molar-refractivity contribution is -0.153. The number of H-pyrrole nitrogens is 1. The molecule has 0 radical (unpaired) electrons. The molecule has 0 atom stereocenters. The molecule has 2 heterocycles. The number of oxazole rings is 1. The molecular formula is C23H21F3N4O5. The topological polar surface area (TPSA) is 111 Å². The van der Waals surface area contributed by atoms with Crippen molar-refractivity contribution in [2.24, 2.45) is 0 Å². The fourth-order valence-electron chi connectivity index (χ4n) is 3.41. The van der Waals surface area contributed by atoms with Crippen LogP contribution in [0.3, 0.4) is 0 Å². The molecule has 0 saturated carbocycles. The highest BCUT2D eigenvalue weighted by Gasteiger charge is 2.42. The number of hydrogen-bond acceptors (Lipinski definition) is 6. The van der Waals surface area contributed by atoms with Gasteiger partial charge in [0.2, 0.25) is 11.7 Å². The fourth-order valence-corrected chi connectivity index (χ4v) is 3.41. The summed E-state index contributed by atoms with van der Waals surface area (Å²) in [5.41, 5.74) is -0.364. The summed E-state index contributed by atoms with van der Waals surface area (Å²) in [7, 11) is 1.56. The summed E-state index contributed by atoms with van der Waals surface area (Å²) < 4.78 is 57.4. The van der Waals surface area contributed by atoms with Gasteiger partial charge in [0, 0.05) is 18.4 Å². The maximum absolute atomic E-state index is 13.5. The first-order valence-electron chi connectivity index (χ1n) is 10.5. The van der Waals surface area contributed by atoms with Crippen LogP contribution in [0.15, 0.2) is 57.7 Å². The van der Waals surface area contributed by atoms with Gasteiger partial charge in [0.15, 0.2) is 5.69 Å². The number of anilines is 1. The van der Waals surface area contributed by atoms with Crippen molar-refractivity contribution in [1.82, 2.24) is 14.8 Å². The lowest BCUT2D eigenvalue weighted by Crippen LogP contribution is -2.18. The summed E-state index contributed by atoms with van der Waals surface area (Å²) in [6, 6.07) is 12.4. The van der Waals surface area contributed by atoms with E-state index in [0.717, 1.165) is 0 Å². The van der Waals surface area contributed by atoms with Gasteiger partial charge in [-0.3, -0.25) is 19.4 Å². The van der Waals surface area contributed by atoms with Crippen LogP contribution in [-0.2, 0) is 22.2 Å². The van der Waals surface area contributed by atoms with E-state index in [-0.39, 0.29) is 22.5 Å². The molecule has 0 fully saturated rings. The second-order valence-corrected chi connectivity index (χ2v) is 7.44. The van der Waals surface area contributed by atoms with Gasteiger partial charge in [-0.15, -0.1) is 0 Å². The van der Waals surface area contributed by atoms with Crippen LogP contribution in [0.5, 0.6) is 0 Å². The van der Waals surface area contributed by atoms with Gasteiger partial charge < -0.3 is 19.2 Å². The summed E-state index contributed by atoms with van der Waals surface area (Å²) in [4.78, 5) is 28.9. The molecule has 2 aromatic carbocycles. The molecule has 0 saturated heterocycles. The molecule has 0 bridgehead atoms. The lowest BCUT2D eigenvalue weighted by Gasteiger charge is -2.08. The molecule has 2 N–H and O–H groups in total. The number of aromatic nitrogens is 3. The zero-order chi connectivity index (χ0) is 25.0. The maximum Gasteiger partial charge on any atom is 0.452 e. The fraction of sp³-hybridized carbons (Fsp3) is 0.261. The van der Waals surface area contributed by atoms with Gasteiger partial charge in [-0.25, -0.2) is 4.98 Å². The highest BCUT2D eigenvalue weighted by molar-refractivity contribution is 6.04. The number of aromatic amines is 1. The summed E-state index contributed by atoms with van der Waals surface area (Å²) in [6.07, 6.45) is -4.93. The minimum absolute atomic E-state index is 0.125. The number of alkyl halides is 3. The predicted molar refractivity (Wildman–Crippen MR) is 120 cm³/mol. The van der Waals surface area contributed by atoms with E-state index in [1.165, 1.54) is 24.3 Å². The highest BCUT2D eigenvalue weighted by Crippen LogP contribution is 2.35. The number of nitrogens with one attached hydrogen (secondary N) is 2. The minimum Gasteiger partial charge on any atom is -0.431 e. The number of nitrogens with zero attached hydrogens (tertiary/aromatic N) is 2. The Morgan fingerprint density at radius 2 is 1.91 bits per heavy atom. The first kappa shape index (κ1) is 24.2. The molecule has 0 unspecified atom stereocenters. The Labute approximate surface area is 196 Å². The van der Waals surface area contributed by atoms with Crippen LogP contribution < -0.4 is 10.9 Å². The number of ether oxygens (including phenoxy) is 2. The summed E-state index contributed by atoms with van der Waals surface area (Å²) in [5, 5.41) is 5.29. The number of benzene rings is 2. The van der Waals surface area contributed by atoms with E-state index in [4.69, 9.17) is 13.9 Å². The molecule has 0 aliphatic carbocycles. The number of fused-ring (bicyclic) bond motifs is 1. The molecule has 2 aromatic heterocycles. The molecule has 35 heavy (non-hydrogen) atoms. The first-order chi connectivity index (χ1) is 16.8. The molecule has 0 aliphatic heterocycles. The monoisotopic (exact) mass is 490 g/mol. The maximum atomic E-state index is 13.5. The Morgan fingerprint density at radius 1 is 1.14 bits per heavy atom. The third-order valence-corrected chi connectivity index (χ3v) is 5.04. The average Bonchev–Trinajstić information content (AvgIpc) is 3.42. The molecule has 0 aliphatic rings. The van der Waals surface area contributed by atoms with Crippen LogP contribution >= 0.6 is 0 Å². The number of amides is 1. The van der Waals surface area contributed by atoms with Crippen molar-refractivity contribution in [3.63, 3.8) is 0 Å². The molecule has 4 aromatic rings. The Kier molecular flexibility index (Phi) is 7.03. The predicted octanol–water partition coefficient (Wildman–Crippen LogP) is 3.92. The van der Waals surface area contributed by atoms with E-state index in [0.29, 0.717) is 31.9 Å². The Hall–Kier alpha value is -3.90. The standard InChI is InChI=1S/C23H21F3N4O5/c1-33-11-12-34-10-9-30-17-8-7-15(13-16(17)20(31)29-30)27-21(32)18-19(23(24,25)26)35-22(28-18)14-5-3-2-4-6-14/h2-8,13H,9-12H2,1H3,(H,27,32)(H,29,31). The van der Waals surface area contributed by atoms with Gasteiger partial charge in [-0.1, -0.05) is 18.2 Å². The number of rotatable bonds is 9. The number of hydrogen-bond donors (Lipinski definition) is 2. The van der Waals surface area contributed by atoms with Crippen molar-refractivity contribution in [3.05, 3.63) is 70.3 Å². The van der Waals surface area contributed by atoms with E-state index in [2.05, 4.69) is 15.4 Å². The zero-order valence-corrected chi connectivity index (χ0v) is 18.5. The molecule has 0 spiro atoms. The second kappa shape index (κ2) is 10.2. The number of halogens is 3. The van der Waals surface area contributed by atoms with E-state index in [1.807, 2.05) is 0 Å². The summed E-state index contributed by atoms with van der Waals surface area (Å²) in [6.45, 7) is 1.55. The largest absolute Gasteiger partial charge is 0.452 e. The van der Waals surface area contributed by atoms with Crippen LogP contribution in [-0.4, -0.2) is 47.6 Å². The van der Waals surface area contributed by atoms with Gasteiger partial charge >= 0.3 is 6.18 Å². The lowest BCUT2D eigenvalue weighted by atomic mass is 10.2. The molecule has 12 heteroatoms. The van der Waals surface area contributed by atoms with Crippen molar-refractivity contribution in [2.45, 2.75) is 12.7 Å². The first-order valence-corrected chi connectivity index (χ1v) is 10.5. The van der Waals surface area contributed by atoms with Crippen LogP contribution in [0, 0.1) is 0 Å². The van der Waals surface area contributed by atoms with Crippen LogP contribution in [0.25, 0.3) is 22.4 Å². The van der Waals surface area contributed by atoms with Crippen molar-refractivity contribution < 1.29 is 31.9 Å². The van der Waals surface area contributed by atoms with Gasteiger partial charge in [-0.05, 0) is 30.3 Å². The van der Waals surface area contributed by atoms with Crippen molar-refractivity contribution in [2.75, 3.05) is 32.2 Å². The normalized spacial score (nSPS) is 11.8. The van der Waals surface area contributed by atoms with Crippen LogP contribution in [0.4, 0.5) is 18.9 Å². The zero-order valence-electron chi connectivity index (χ0n) is 18.5. The molecular weight excluding hydrogens is 469 g/mol. The van der Waals surface area contributed by atoms with E-state index in [1.54, 1.807) is 36.1 Å². The molecule has 4 rings (SSSR count). The quantitative estimate of drug-likeness (QED) is 0.344. The van der Waals surface area contributed by atoms with E-state index in [9.17, 15) is 22.8 Å². The third kappa shape index (κ3) is 5.44. The second-order valence-electron chi connectivity index (χ2n) is 7.44. The average molecular weight is 490 g/mol. The van der Waals surface area contributed by atoms with Crippen molar-refractivity contribution in [3.8, 4) is 11.5 Å². The van der Waals surface area contributed by atoms with E-state index < -0.39 is 29.1 Å². The van der Waals surface area contributed by atoms with Gasteiger partial charge in [0.1, 0.15) is 0 Å².